The van der Waals surface area contributed by atoms with Crippen LogP contribution in [0, 0.1) is 5.92 Å². The van der Waals surface area contributed by atoms with Gasteiger partial charge in [-0.2, -0.15) is 0 Å². The molecule has 2 aliphatic heterocycles. The number of hydrogen-bond donors (Lipinski definition) is 1. The minimum Gasteiger partial charge on any atom is -0.381 e. The highest BCUT2D eigenvalue weighted by Crippen LogP contribution is 2.43. The number of nitrogens with one attached hydrogen (secondary N) is 1. The second-order valence-electron chi connectivity index (χ2n) is 7.05. The van der Waals surface area contributed by atoms with Gasteiger partial charge in [-0.3, -0.25) is 0 Å². The molecule has 3 nitrogen and oxygen atoms in total. The molecular formula is C17H31NO2. The van der Waals surface area contributed by atoms with Gasteiger partial charge in [-0.1, -0.05) is 26.2 Å². The van der Waals surface area contributed by atoms with Crippen LogP contribution in [0.15, 0.2) is 0 Å². The molecule has 0 radical (unpaired) electrons. The summed E-state index contributed by atoms with van der Waals surface area (Å²) in [4.78, 5) is 0. The summed E-state index contributed by atoms with van der Waals surface area (Å²) in [5.74, 6) is 0.646. The van der Waals surface area contributed by atoms with Crippen LogP contribution in [0.2, 0.25) is 0 Å². The Morgan fingerprint density at radius 3 is 2.75 bits per heavy atom. The van der Waals surface area contributed by atoms with Gasteiger partial charge in [0.05, 0.1) is 18.3 Å². The van der Waals surface area contributed by atoms with Gasteiger partial charge in [0.2, 0.25) is 0 Å². The number of rotatable bonds is 4. The Morgan fingerprint density at radius 2 is 1.95 bits per heavy atom. The van der Waals surface area contributed by atoms with Crippen molar-refractivity contribution in [1.29, 1.82) is 0 Å². The van der Waals surface area contributed by atoms with Crippen molar-refractivity contribution in [3.63, 3.8) is 0 Å². The van der Waals surface area contributed by atoms with Crippen LogP contribution in [0.3, 0.4) is 0 Å². The Labute approximate surface area is 123 Å². The first kappa shape index (κ1) is 14.8. The quantitative estimate of drug-likeness (QED) is 0.858. The van der Waals surface area contributed by atoms with Crippen LogP contribution in [-0.2, 0) is 9.47 Å². The topological polar surface area (TPSA) is 30.5 Å². The van der Waals surface area contributed by atoms with Crippen molar-refractivity contribution in [2.24, 2.45) is 5.92 Å². The van der Waals surface area contributed by atoms with Crippen molar-refractivity contribution in [2.45, 2.75) is 82.5 Å². The molecule has 20 heavy (non-hydrogen) atoms. The third-order valence-corrected chi connectivity index (χ3v) is 5.61. The molecule has 3 fully saturated rings. The van der Waals surface area contributed by atoms with E-state index in [0.717, 1.165) is 26.2 Å². The van der Waals surface area contributed by atoms with Crippen molar-refractivity contribution >= 4 is 0 Å². The number of ether oxygens (including phenoxy) is 2. The average Bonchev–Trinajstić information content (AvgIpc) is 2.85. The smallest absolute Gasteiger partial charge is 0.0687 e. The molecule has 1 spiro atoms. The summed E-state index contributed by atoms with van der Waals surface area (Å²) in [6, 6.07) is 0.639. The largest absolute Gasteiger partial charge is 0.381 e. The highest BCUT2D eigenvalue weighted by molar-refractivity contribution is 4.93. The van der Waals surface area contributed by atoms with E-state index in [-0.39, 0.29) is 5.60 Å². The normalized spacial score (nSPS) is 37.4. The van der Waals surface area contributed by atoms with Gasteiger partial charge in [-0.15, -0.1) is 0 Å². The molecule has 3 aliphatic rings. The molecule has 0 aromatic rings. The second-order valence-corrected chi connectivity index (χ2v) is 7.05. The summed E-state index contributed by atoms with van der Waals surface area (Å²) in [5, 5.41) is 3.64. The fourth-order valence-electron chi connectivity index (χ4n) is 4.52. The summed E-state index contributed by atoms with van der Waals surface area (Å²) < 4.78 is 12.2. The summed E-state index contributed by atoms with van der Waals surface area (Å²) in [6.07, 6.45) is 12.2. The first-order chi connectivity index (χ1) is 9.81. The zero-order chi connectivity index (χ0) is 13.8. The van der Waals surface area contributed by atoms with E-state index >= 15 is 0 Å². The Kier molecular flexibility index (Phi) is 5.00. The molecule has 3 atom stereocenters. The average molecular weight is 281 g/mol. The summed E-state index contributed by atoms with van der Waals surface area (Å²) in [6.45, 7) is 5.11. The van der Waals surface area contributed by atoms with Crippen LogP contribution in [0.4, 0.5) is 0 Å². The Morgan fingerprint density at radius 1 is 1.10 bits per heavy atom. The fourth-order valence-corrected chi connectivity index (χ4v) is 4.52. The molecule has 3 rings (SSSR count). The van der Waals surface area contributed by atoms with E-state index in [9.17, 15) is 0 Å². The van der Waals surface area contributed by atoms with Crippen molar-refractivity contribution < 1.29 is 9.47 Å². The maximum absolute atomic E-state index is 6.54. The summed E-state index contributed by atoms with van der Waals surface area (Å²) >= 11 is 0. The van der Waals surface area contributed by atoms with Crippen molar-refractivity contribution in [3.8, 4) is 0 Å². The van der Waals surface area contributed by atoms with Gasteiger partial charge in [0.25, 0.3) is 0 Å². The van der Waals surface area contributed by atoms with Gasteiger partial charge in [0, 0.05) is 18.6 Å². The van der Waals surface area contributed by atoms with Crippen molar-refractivity contribution in [2.75, 3.05) is 19.8 Å². The Balaban J connectivity index is 1.52. The zero-order valence-electron chi connectivity index (χ0n) is 13.0. The van der Waals surface area contributed by atoms with E-state index in [1.54, 1.807) is 0 Å². The van der Waals surface area contributed by atoms with Crippen molar-refractivity contribution in [3.05, 3.63) is 0 Å². The minimum absolute atomic E-state index is 0.270. The van der Waals surface area contributed by atoms with Crippen LogP contribution in [0.25, 0.3) is 0 Å². The third kappa shape index (κ3) is 3.37. The van der Waals surface area contributed by atoms with Gasteiger partial charge in [-0.25, -0.2) is 0 Å². The SMILES string of the molecule is CCNC1CCOCC1CC1CCC2(CCCCC2)O1. The van der Waals surface area contributed by atoms with Gasteiger partial charge in [0.1, 0.15) is 0 Å². The van der Waals surface area contributed by atoms with Crippen LogP contribution in [0.5, 0.6) is 0 Å². The van der Waals surface area contributed by atoms with Gasteiger partial charge in [-0.05, 0) is 45.1 Å². The van der Waals surface area contributed by atoms with Gasteiger partial charge >= 0.3 is 0 Å². The molecule has 1 saturated carbocycles. The van der Waals surface area contributed by atoms with Crippen LogP contribution in [0.1, 0.15) is 64.7 Å². The van der Waals surface area contributed by atoms with E-state index in [0.29, 0.717) is 18.1 Å². The second kappa shape index (κ2) is 6.76. The lowest BCUT2D eigenvalue weighted by Gasteiger charge is -2.36. The first-order valence-electron chi connectivity index (χ1n) is 8.80. The lowest BCUT2D eigenvalue weighted by atomic mass is 9.82. The number of hydrogen-bond acceptors (Lipinski definition) is 3. The highest BCUT2D eigenvalue weighted by Gasteiger charge is 2.42. The standard InChI is InChI=1S/C17H31NO2/c1-2-18-16-7-11-19-13-14(16)12-15-6-10-17(20-15)8-4-3-5-9-17/h14-16,18H,2-13H2,1H3. The molecule has 1 aliphatic carbocycles. The lowest BCUT2D eigenvalue weighted by molar-refractivity contribution is -0.0793. The Bertz CT molecular complexity index is 299. The predicted molar refractivity (Wildman–Crippen MR) is 80.9 cm³/mol. The van der Waals surface area contributed by atoms with Crippen LogP contribution >= 0.6 is 0 Å². The predicted octanol–water partition coefficient (Wildman–Crippen LogP) is 3.27. The molecule has 0 aromatic carbocycles. The molecule has 3 unspecified atom stereocenters. The molecule has 3 heteroatoms. The van der Waals surface area contributed by atoms with E-state index in [4.69, 9.17) is 9.47 Å². The molecule has 0 aromatic heterocycles. The Hall–Kier alpha value is -0.120. The van der Waals surface area contributed by atoms with Gasteiger partial charge in [0.15, 0.2) is 0 Å². The fraction of sp³-hybridized carbons (Fsp3) is 1.00. The lowest BCUT2D eigenvalue weighted by Crippen LogP contribution is -2.44. The maximum Gasteiger partial charge on any atom is 0.0687 e. The maximum atomic E-state index is 6.54. The molecule has 116 valence electrons. The van der Waals surface area contributed by atoms with E-state index < -0.39 is 0 Å². The van der Waals surface area contributed by atoms with Crippen molar-refractivity contribution in [1.82, 2.24) is 5.32 Å². The molecule has 0 amide bonds. The van der Waals surface area contributed by atoms with Crippen LogP contribution < -0.4 is 5.32 Å². The monoisotopic (exact) mass is 281 g/mol. The first-order valence-corrected chi connectivity index (χ1v) is 8.80. The molecule has 2 heterocycles. The van der Waals surface area contributed by atoms with E-state index in [2.05, 4.69) is 12.2 Å². The molecule has 2 saturated heterocycles. The minimum atomic E-state index is 0.270. The summed E-state index contributed by atoms with van der Waals surface area (Å²) in [7, 11) is 0. The van der Waals surface area contributed by atoms with E-state index in [1.807, 2.05) is 0 Å². The highest BCUT2D eigenvalue weighted by atomic mass is 16.5. The molecular weight excluding hydrogens is 250 g/mol. The van der Waals surface area contributed by atoms with E-state index in [1.165, 1.54) is 51.4 Å². The molecule has 0 bridgehead atoms. The zero-order valence-corrected chi connectivity index (χ0v) is 13.0. The third-order valence-electron chi connectivity index (χ3n) is 5.61. The molecule has 1 N–H and O–H groups in total. The van der Waals surface area contributed by atoms with Crippen LogP contribution in [-0.4, -0.2) is 37.5 Å². The summed E-state index contributed by atoms with van der Waals surface area (Å²) in [5.41, 5.74) is 0.270. The van der Waals surface area contributed by atoms with Gasteiger partial charge < -0.3 is 14.8 Å².